The van der Waals surface area contributed by atoms with E-state index in [1.54, 1.807) is 0 Å². The highest BCUT2D eigenvalue weighted by atomic mass is 32.2. The first-order valence-electron chi connectivity index (χ1n) is 11.0. The molecule has 2 saturated heterocycles. The summed E-state index contributed by atoms with van der Waals surface area (Å²) in [5.41, 5.74) is 1.29. The van der Waals surface area contributed by atoms with Crippen LogP contribution in [0.4, 0.5) is 10.5 Å². The number of benzene rings is 2. The van der Waals surface area contributed by atoms with Crippen LogP contribution in [0.3, 0.4) is 0 Å². The van der Waals surface area contributed by atoms with Crippen molar-refractivity contribution in [3.8, 4) is 0 Å². The van der Waals surface area contributed by atoms with Crippen LogP contribution in [0.25, 0.3) is 0 Å². The molecule has 2 fully saturated rings. The molecule has 0 saturated carbocycles. The van der Waals surface area contributed by atoms with E-state index in [0.717, 1.165) is 5.56 Å². The molecule has 2 amide bonds. The third-order valence-corrected chi connectivity index (χ3v) is 7.83. The molecule has 2 aliphatic heterocycles. The molecule has 180 valence electrons. The molecule has 2 heterocycles. The average molecular weight is 486 g/mol. The number of ether oxygens (including phenoxy) is 2. The van der Waals surface area contributed by atoms with Crippen molar-refractivity contribution in [1.29, 1.82) is 0 Å². The van der Waals surface area contributed by atoms with E-state index in [1.165, 1.54) is 34.6 Å². The molecule has 0 spiro atoms. The van der Waals surface area contributed by atoms with Crippen LogP contribution in [-0.4, -0.2) is 50.1 Å². The van der Waals surface area contributed by atoms with E-state index in [4.69, 9.17) is 9.47 Å². The fraction of sp³-hybridized carbons (Fsp3) is 0.333. The summed E-state index contributed by atoms with van der Waals surface area (Å²) < 4.78 is 38.8. The molecular formula is C24H27N3O6S. The van der Waals surface area contributed by atoms with Crippen LogP contribution in [0, 0.1) is 5.92 Å². The van der Waals surface area contributed by atoms with E-state index in [-0.39, 0.29) is 36.0 Å². The van der Waals surface area contributed by atoms with Crippen molar-refractivity contribution in [2.24, 2.45) is 5.92 Å². The second kappa shape index (κ2) is 10.4. The van der Waals surface area contributed by atoms with Gasteiger partial charge in [-0.15, -0.1) is 0 Å². The lowest BCUT2D eigenvalue weighted by atomic mass is 9.94. The zero-order valence-electron chi connectivity index (χ0n) is 18.6. The maximum atomic E-state index is 13.1. The minimum Gasteiger partial charge on any atom is -0.444 e. The molecule has 2 aromatic rings. The summed E-state index contributed by atoms with van der Waals surface area (Å²) in [5, 5.41) is 5.31. The van der Waals surface area contributed by atoms with Crippen molar-refractivity contribution in [1.82, 2.24) is 9.62 Å². The van der Waals surface area contributed by atoms with Crippen LogP contribution < -0.4 is 10.6 Å². The Bertz CT molecular complexity index is 1140. The fourth-order valence-electron chi connectivity index (χ4n) is 4.17. The molecule has 0 aromatic heterocycles. The Morgan fingerprint density at radius 1 is 1.15 bits per heavy atom. The minimum atomic E-state index is -3.73. The van der Waals surface area contributed by atoms with Crippen molar-refractivity contribution in [3.05, 3.63) is 72.8 Å². The number of piperidine rings is 1. The molecule has 10 heteroatoms. The summed E-state index contributed by atoms with van der Waals surface area (Å²) in [7, 11) is -3.73. The maximum Gasteiger partial charge on any atom is 0.411 e. The zero-order chi connectivity index (χ0) is 24.1. The van der Waals surface area contributed by atoms with Gasteiger partial charge in [0.1, 0.15) is 12.8 Å². The molecular weight excluding hydrogens is 458 g/mol. The van der Waals surface area contributed by atoms with Gasteiger partial charge < -0.3 is 14.8 Å². The summed E-state index contributed by atoms with van der Waals surface area (Å²) in [4.78, 5) is 23.7. The van der Waals surface area contributed by atoms with Crippen LogP contribution in [0.5, 0.6) is 0 Å². The van der Waals surface area contributed by atoms with Crippen LogP contribution in [0.15, 0.2) is 72.1 Å². The zero-order valence-corrected chi connectivity index (χ0v) is 19.4. The normalized spacial score (nSPS) is 22.4. The quantitative estimate of drug-likeness (QED) is 0.583. The predicted molar refractivity (Wildman–Crippen MR) is 125 cm³/mol. The minimum absolute atomic E-state index is 0.128. The molecule has 3 unspecified atom stereocenters. The Kier molecular flexibility index (Phi) is 7.30. The Hall–Kier alpha value is -3.21. The lowest BCUT2D eigenvalue weighted by Gasteiger charge is -2.33. The predicted octanol–water partition coefficient (Wildman–Crippen LogP) is 2.86. The summed E-state index contributed by atoms with van der Waals surface area (Å²) >= 11 is 0. The van der Waals surface area contributed by atoms with Gasteiger partial charge in [0.05, 0.1) is 11.0 Å². The Morgan fingerprint density at radius 2 is 1.88 bits per heavy atom. The van der Waals surface area contributed by atoms with Gasteiger partial charge in [-0.3, -0.25) is 10.1 Å². The number of carbonyl (C=O) groups is 2. The highest BCUT2D eigenvalue weighted by molar-refractivity contribution is 7.89. The van der Waals surface area contributed by atoms with Gasteiger partial charge in [-0.2, -0.15) is 4.31 Å². The third-order valence-electron chi connectivity index (χ3n) is 5.95. The Balaban J connectivity index is 1.32. The molecule has 3 atom stereocenters. The number of rotatable bonds is 7. The third kappa shape index (κ3) is 5.64. The number of anilines is 1. The van der Waals surface area contributed by atoms with Gasteiger partial charge in [0.2, 0.25) is 15.9 Å². The number of hydrogen-bond acceptors (Lipinski definition) is 6. The molecule has 0 radical (unpaired) electrons. The number of nitrogens with zero attached hydrogens (tertiary/aromatic N) is 1. The molecule has 0 bridgehead atoms. The molecule has 9 nitrogen and oxygen atoms in total. The van der Waals surface area contributed by atoms with Gasteiger partial charge in [-0.1, -0.05) is 36.9 Å². The van der Waals surface area contributed by atoms with E-state index in [9.17, 15) is 18.0 Å². The summed E-state index contributed by atoms with van der Waals surface area (Å²) in [6.07, 6.45) is 1.15. The standard InChI is InChI=1S/C24H27N3O6S/c1-2-22(28)26-23-14-18-12-13-27(15-21(18)33-23)34(30,31)20-10-8-19(9-11-20)25-24(29)32-16-17-6-4-3-5-7-17/h2-11,18,21,23H,1,12-16H2,(H,25,29)(H,26,28). The Labute approximate surface area is 198 Å². The van der Waals surface area contributed by atoms with Gasteiger partial charge in [-0.05, 0) is 54.7 Å². The van der Waals surface area contributed by atoms with Crippen LogP contribution in [0.2, 0.25) is 0 Å². The van der Waals surface area contributed by atoms with E-state index < -0.39 is 22.3 Å². The van der Waals surface area contributed by atoms with Crippen molar-refractivity contribution < 1.29 is 27.5 Å². The summed E-state index contributed by atoms with van der Waals surface area (Å²) in [5.74, 6) is -0.124. The lowest BCUT2D eigenvalue weighted by molar-refractivity contribution is -0.120. The first-order valence-corrected chi connectivity index (χ1v) is 12.5. The van der Waals surface area contributed by atoms with Crippen LogP contribution >= 0.6 is 0 Å². The average Bonchev–Trinajstić information content (AvgIpc) is 3.25. The van der Waals surface area contributed by atoms with Crippen molar-refractivity contribution >= 4 is 27.7 Å². The van der Waals surface area contributed by atoms with Crippen LogP contribution in [-0.2, 0) is 30.9 Å². The number of amides is 2. The van der Waals surface area contributed by atoms with E-state index in [2.05, 4.69) is 17.2 Å². The van der Waals surface area contributed by atoms with Gasteiger partial charge in [0.15, 0.2) is 0 Å². The Morgan fingerprint density at radius 3 is 2.59 bits per heavy atom. The van der Waals surface area contributed by atoms with Gasteiger partial charge in [0.25, 0.3) is 0 Å². The fourth-order valence-corrected chi connectivity index (χ4v) is 5.63. The molecule has 34 heavy (non-hydrogen) atoms. The maximum absolute atomic E-state index is 13.1. The summed E-state index contributed by atoms with van der Waals surface area (Å²) in [6.45, 7) is 4.16. The molecule has 2 aromatic carbocycles. The van der Waals surface area contributed by atoms with Crippen molar-refractivity contribution in [2.75, 3.05) is 18.4 Å². The molecule has 2 N–H and O–H groups in total. The largest absolute Gasteiger partial charge is 0.444 e. The number of nitrogens with one attached hydrogen (secondary N) is 2. The summed E-state index contributed by atoms with van der Waals surface area (Å²) in [6, 6.07) is 15.3. The first kappa shape index (κ1) is 23.9. The van der Waals surface area contributed by atoms with Crippen LogP contribution in [0.1, 0.15) is 18.4 Å². The molecule has 0 aliphatic carbocycles. The van der Waals surface area contributed by atoms with Gasteiger partial charge >= 0.3 is 6.09 Å². The van der Waals surface area contributed by atoms with E-state index in [0.29, 0.717) is 25.1 Å². The second-order valence-electron chi connectivity index (χ2n) is 8.23. The smallest absolute Gasteiger partial charge is 0.411 e. The topological polar surface area (TPSA) is 114 Å². The highest BCUT2D eigenvalue weighted by Gasteiger charge is 2.42. The monoisotopic (exact) mass is 485 g/mol. The van der Waals surface area contributed by atoms with Crippen molar-refractivity contribution in [2.45, 2.75) is 36.7 Å². The van der Waals surface area contributed by atoms with Crippen molar-refractivity contribution in [3.63, 3.8) is 0 Å². The van der Waals surface area contributed by atoms with Gasteiger partial charge in [-0.25, -0.2) is 13.2 Å². The number of carbonyl (C=O) groups excluding carboxylic acids is 2. The number of sulfonamides is 1. The number of fused-ring (bicyclic) bond motifs is 1. The first-order chi connectivity index (χ1) is 16.3. The lowest BCUT2D eigenvalue weighted by Crippen LogP contribution is -2.45. The van der Waals surface area contributed by atoms with E-state index >= 15 is 0 Å². The van der Waals surface area contributed by atoms with Gasteiger partial charge in [0, 0.05) is 18.8 Å². The highest BCUT2D eigenvalue weighted by Crippen LogP contribution is 2.34. The number of hydrogen-bond donors (Lipinski definition) is 2. The molecule has 2 aliphatic rings. The molecule has 4 rings (SSSR count). The second-order valence-corrected chi connectivity index (χ2v) is 10.2. The SMILES string of the molecule is C=CC(=O)NC1CC2CCN(S(=O)(=O)c3ccc(NC(=O)OCc4ccccc4)cc3)CC2O1. The van der Waals surface area contributed by atoms with E-state index in [1.807, 2.05) is 30.3 Å².